The molecule has 190 valence electrons. The Morgan fingerprint density at radius 1 is 0.842 bits per heavy atom. The molecule has 2 heteroatoms. The molecule has 2 aliphatic heterocycles. The summed E-state index contributed by atoms with van der Waals surface area (Å²) in [6, 6.07) is 30.8. The first kappa shape index (κ1) is 24.3. The van der Waals surface area contributed by atoms with Crippen LogP contribution >= 0.6 is 0 Å². The van der Waals surface area contributed by atoms with E-state index in [4.69, 9.17) is 6.58 Å². The first-order valence-corrected chi connectivity index (χ1v) is 13.7. The van der Waals surface area contributed by atoms with Crippen LogP contribution in [0.4, 0.5) is 0 Å². The van der Waals surface area contributed by atoms with Crippen LogP contribution in [0.3, 0.4) is 0 Å². The summed E-state index contributed by atoms with van der Waals surface area (Å²) in [4.78, 5) is 2.55. The third-order valence-electron chi connectivity index (χ3n) is 8.03. The van der Waals surface area contributed by atoms with E-state index in [1.165, 1.54) is 50.3 Å². The maximum Gasteiger partial charge on any atom is 0.0954 e. The maximum atomic E-state index is 4.78. The molecule has 0 bridgehead atoms. The van der Waals surface area contributed by atoms with Crippen molar-refractivity contribution in [2.75, 3.05) is 6.54 Å². The van der Waals surface area contributed by atoms with Gasteiger partial charge in [-0.2, -0.15) is 0 Å². The topological polar surface area (TPSA) is 8.17 Å². The van der Waals surface area contributed by atoms with Crippen molar-refractivity contribution >= 4 is 11.4 Å². The zero-order valence-corrected chi connectivity index (χ0v) is 22.9. The van der Waals surface area contributed by atoms with Gasteiger partial charge in [0.15, 0.2) is 0 Å². The van der Waals surface area contributed by atoms with Crippen molar-refractivity contribution < 1.29 is 0 Å². The van der Waals surface area contributed by atoms with Gasteiger partial charge in [-0.1, -0.05) is 119 Å². The molecule has 0 N–H and O–H groups in total. The van der Waals surface area contributed by atoms with Crippen molar-refractivity contribution in [2.45, 2.75) is 45.6 Å². The standard InChI is InChI=1S/C36H36N2/c1-6-26-19-20-33-31-17-10-11-18-32(31)35(38(33)23-26)25(2)37-24-30(36(3,4)5)22-34(37)29-16-12-15-28(21-29)27-13-8-7-9-14-27/h7-22,24,35H,2,6,23H2,1,3-5H3. The SMILES string of the molecule is C=C(C1c2ccccc2C2=CC=C(CC)CN21)n1cc(C(C)(C)C)cc1-c1cccc(-c2ccccc2)c1. The molecular formula is C36H36N2. The number of benzene rings is 3. The van der Waals surface area contributed by atoms with Crippen LogP contribution in [0, 0.1) is 0 Å². The number of rotatable bonds is 5. The van der Waals surface area contributed by atoms with E-state index in [-0.39, 0.29) is 11.5 Å². The van der Waals surface area contributed by atoms with Gasteiger partial charge in [-0.3, -0.25) is 0 Å². The molecule has 2 nitrogen and oxygen atoms in total. The van der Waals surface area contributed by atoms with E-state index in [2.05, 4.69) is 140 Å². The quantitative estimate of drug-likeness (QED) is 0.267. The maximum absolute atomic E-state index is 4.78. The molecule has 6 rings (SSSR count). The van der Waals surface area contributed by atoms with Gasteiger partial charge in [0, 0.05) is 29.7 Å². The molecule has 1 atom stereocenters. The molecule has 3 aromatic carbocycles. The monoisotopic (exact) mass is 496 g/mol. The number of aromatic nitrogens is 1. The minimum atomic E-state index is 0.0270. The van der Waals surface area contributed by atoms with Crippen molar-refractivity contribution in [1.29, 1.82) is 0 Å². The summed E-state index contributed by atoms with van der Waals surface area (Å²) in [5.41, 5.74) is 12.7. The van der Waals surface area contributed by atoms with Gasteiger partial charge in [-0.15, -0.1) is 0 Å². The van der Waals surface area contributed by atoms with Gasteiger partial charge in [0.25, 0.3) is 0 Å². The van der Waals surface area contributed by atoms with Gasteiger partial charge in [0.1, 0.15) is 0 Å². The molecule has 0 saturated heterocycles. The molecular weight excluding hydrogens is 460 g/mol. The van der Waals surface area contributed by atoms with Crippen LogP contribution in [-0.4, -0.2) is 16.0 Å². The van der Waals surface area contributed by atoms with E-state index in [1.807, 2.05) is 0 Å². The Bertz CT molecular complexity index is 1570. The molecule has 0 fully saturated rings. The van der Waals surface area contributed by atoms with Gasteiger partial charge in [0.2, 0.25) is 0 Å². The van der Waals surface area contributed by atoms with E-state index in [9.17, 15) is 0 Å². The van der Waals surface area contributed by atoms with E-state index in [1.54, 1.807) is 0 Å². The van der Waals surface area contributed by atoms with Crippen molar-refractivity contribution in [3.8, 4) is 22.4 Å². The van der Waals surface area contributed by atoms with Crippen LogP contribution in [0.25, 0.3) is 33.8 Å². The molecule has 0 amide bonds. The van der Waals surface area contributed by atoms with Crippen LogP contribution < -0.4 is 0 Å². The van der Waals surface area contributed by atoms with Crippen LogP contribution in [-0.2, 0) is 5.41 Å². The Morgan fingerprint density at radius 2 is 1.55 bits per heavy atom. The summed E-state index contributed by atoms with van der Waals surface area (Å²) in [6.45, 7) is 14.8. The zero-order valence-electron chi connectivity index (χ0n) is 22.9. The van der Waals surface area contributed by atoms with Gasteiger partial charge in [-0.25, -0.2) is 0 Å². The molecule has 0 aliphatic carbocycles. The number of fused-ring (bicyclic) bond motifs is 3. The Morgan fingerprint density at radius 3 is 2.32 bits per heavy atom. The Labute approximate surface area is 227 Å². The van der Waals surface area contributed by atoms with Crippen LogP contribution in [0.15, 0.2) is 115 Å². The lowest BCUT2D eigenvalue weighted by atomic mass is 9.89. The minimum absolute atomic E-state index is 0.0270. The van der Waals surface area contributed by atoms with E-state index >= 15 is 0 Å². The van der Waals surface area contributed by atoms with Gasteiger partial charge >= 0.3 is 0 Å². The fourth-order valence-electron chi connectivity index (χ4n) is 5.80. The molecule has 1 aromatic heterocycles. The predicted molar refractivity (Wildman–Crippen MR) is 162 cm³/mol. The largest absolute Gasteiger partial charge is 0.354 e. The first-order valence-electron chi connectivity index (χ1n) is 13.7. The summed E-state index contributed by atoms with van der Waals surface area (Å²) in [5, 5.41) is 0. The minimum Gasteiger partial charge on any atom is -0.354 e. The van der Waals surface area contributed by atoms with Crippen molar-refractivity contribution in [3.05, 3.63) is 132 Å². The molecule has 3 heterocycles. The average molecular weight is 497 g/mol. The number of nitrogens with zero attached hydrogens (tertiary/aromatic N) is 2. The molecule has 4 aromatic rings. The summed E-state index contributed by atoms with van der Waals surface area (Å²) < 4.78 is 2.36. The highest BCUT2D eigenvalue weighted by Crippen LogP contribution is 2.49. The number of allylic oxidation sites excluding steroid dienone is 2. The molecule has 0 spiro atoms. The second-order valence-corrected chi connectivity index (χ2v) is 11.5. The predicted octanol–water partition coefficient (Wildman–Crippen LogP) is 9.34. The Balaban J connectivity index is 1.48. The van der Waals surface area contributed by atoms with Gasteiger partial charge in [0.05, 0.1) is 11.7 Å². The summed E-state index contributed by atoms with van der Waals surface area (Å²) in [5.74, 6) is 0. The second kappa shape index (κ2) is 9.36. The van der Waals surface area contributed by atoms with E-state index < -0.39 is 0 Å². The molecule has 0 saturated carbocycles. The molecule has 0 radical (unpaired) electrons. The van der Waals surface area contributed by atoms with Gasteiger partial charge < -0.3 is 9.47 Å². The smallest absolute Gasteiger partial charge is 0.0954 e. The van der Waals surface area contributed by atoms with Gasteiger partial charge in [-0.05, 0) is 57.9 Å². The fourth-order valence-corrected chi connectivity index (χ4v) is 5.80. The summed E-state index contributed by atoms with van der Waals surface area (Å²) >= 11 is 0. The molecule has 1 unspecified atom stereocenters. The normalized spacial score (nSPS) is 16.5. The van der Waals surface area contributed by atoms with Crippen LogP contribution in [0.5, 0.6) is 0 Å². The highest BCUT2D eigenvalue weighted by molar-refractivity contribution is 5.81. The lowest BCUT2D eigenvalue weighted by molar-refractivity contribution is 0.388. The Hall–Kier alpha value is -4.04. The van der Waals surface area contributed by atoms with E-state index in [0.29, 0.717) is 0 Å². The lowest BCUT2D eigenvalue weighted by Gasteiger charge is -2.33. The fraction of sp³-hybridized carbons (Fsp3) is 0.222. The zero-order chi connectivity index (χ0) is 26.4. The van der Waals surface area contributed by atoms with Crippen LogP contribution in [0.1, 0.15) is 56.8 Å². The lowest BCUT2D eigenvalue weighted by Crippen LogP contribution is -2.27. The highest BCUT2D eigenvalue weighted by atomic mass is 15.2. The number of hydrogen-bond donors (Lipinski definition) is 0. The highest BCUT2D eigenvalue weighted by Gasteiger charge is 2.37. The van der Waals surface area contributed by atoms with Crippen molar-refractivity contribution in [3.63, 3.8) is 0 Å². The Kier molecular flexibility index (Phi) is 5.99. The molecule has 2 aliphatic rings. The average Bonchev–Trinajstić information content (AvgIpc) is 3.53. The summed E-state index contributed by atoms with van der Waals surface area (Å²) in [6.07, 6.45) is 7.99. The number of hydrogen-bond acceptors (Lipinski definition) is 1. The van der Waals surface area contributed by atoms with Crippen molar-refractivity contribution in [1.82, 2.24) is 9.47 Å². The van der Waals surface area contributed by atoms with Crippen LogP contribution in [0.2, 0.25) is 0 Å². The molecule has 38 heavy (non-hydrogen) atoms. The van der Waals surface area contributed by atoms with E-state index in [0.717, 1.165) is 18.7 Å². The third-order valence-corrected chi connectivity index (χ3v) is 8.03. The van der Waals surface area contributed by atoms with Crippen molar-refractivity contribution in [2.24, 2.45) is 0 Å². The first-order chi connectivity index (χ1) is 18.3. The summed E-state index contributed by atoms with van der Waals surface area (Å²) in [7, 11) is 0. The third kappa shape index (κ3) is 4.15. The second-order valence-electron chi connectivity index (χ2n) is 11.5.